The number of aromatic nitrogens is 2. The minimum absolute atomic E-state index is 0.0469. The predicted octanol–water partition coefficient (Wildman–Crippen LogP) is 4.28. The molecule has 0 bridgehead atoms. The molecule has 0 atom stereocenters. The van der Waals surface area contributed by atoms with Gasteiger partial charge in [-0.25, -0.2) is 9.36 Å². The van der Waals surface area contributed by atoms with Crippen molar-refractivity contribution >= 4 is 5.71 Å². The molecule has 1 aromatic heterocycles. The van der Waals surface area contributed by atoms with E-state index >= 15 is 0 Å². The minimum Gasteiger partial charge on any atom is -0.493 e. The number of aliphatic imine (C=N–C) groups is 1. The molecular weight excluding hydrogens is 456 g/mol. The molecule has 3 aromatic rings. The van der Waals surface area contributed by atoms with E-state index in [-0.39, 0.29) is 17.9 Å². The SMILES string of the molecule is CC(=NCc1ccc(C(F)(F)F)cc1)c1c(O)n(-c2ccc(C(F)(F)F)cc2)c(=O)[nH]c1=O. The molecule has 0 aliphatic heterocycles. The number of halogens is 6. The van der Waals surface area contributed by atoms with Crippen LogP contribution in [0.1, 0.15) is 29.2 Å². The predicted molar refractivity (Wildman–Crippen MR) is 107 cm³/mol. The van der Waals surface area contributed by atoms with Crippen molar-refractivity contribution in [2.75, 3.05) is 0 Å². The van der Waals surface area contributed by atoms with E-state index in [1.165, 1.54) is 19.1 Å². The highest BCUT2D eigenvalue weighted by atomic mass is 19.4. The monoisotopic (exact) mass is 471 g/mol. The molecule has 0 spiro atoms. The number of rotatable bonds is 4. The van der Waals surface area contributed by atoms with Gasteiger partial charge in [0, 0.05) is 0 Å². The fraction of sp³-hybridized carbons (Fsp3) is 0.190. The summed E-state index contributed by atoms with van der Waals surface area (Å²) in [6.07, 6.45) is -9.11. The van der Waals surface area contributed by atoms with Crippen molar-refractivity contribution in [1.82, 2.24) is 9.55 Å². The minimum atomic E-state index is -4.61. The van der Waals surface area contributed by atoms with Gasteiger partial charge in [-0.1, -0.05) is 12.1 Å². The van der Waals surface area contributed by atoms with Gasteiger partial charge in [0.05, 0.1) is 29.1 Å². The summed E-state index contributed by atoms with van der Waals surface area (Å²) < 4.78 is 76.9. The number of aromatic amines is 1. The van der Waals surface area contributed by atoms with Gasteiger partial charge in [-0.05, 0) is 48.9 Å². The van der Waals surface area contributed by atoms with Gasteiger partial charge >= 0.3 is 18.0 Å². The number of nitrogens with zero attached hydrogens (tertiary/aromatic N) is 2. The lowest BCUT2D eigenvalue weighted by Gasteiger charge is -2.13. The highest BCUT2D eigenvalue weighted by Crippen LogP contribution is 2.30. The van der Waals surface area contributed by atoms with Crippen LogP contribution < -0.4 is 11.2 Å². The number of nitrogens with one attached hydrogen (secondary N) is 1. The maximum atomic E-state index is 12.8. The van der Waals surface area contributed by atoms with Gasteiger partial charge in [0.25, 0.3) is 5.56 Å². The van der Waals surface area contributed by atoms with Crippen molar-refractivity contribution in [3.63, 3.8) is 0 Å². The lowest BCUT2D eigenvalue weighted by atomic mass is 10.1. The third-order valence-corrected chi connectivity index (χ3v) is 4.68. The van der Waals surface area contributed by atoms with Crippen molar-refractivity contribution < 1.29 is 31.4 Å². The summed E-state index contributed by atoms with van der Waals surface area (Å²) in [4.78, 5) is 30.5. The molecule has 1 heterocycles. The van der Waals surface area contributed by atoms with Crippen LogP contribution in [0.4, 0.5) is 26.3 Å². The Kier molecular flexibility index (Phi) is 6.21. The van der Waals surface area contributed by atoms with Gasteiger partial charge in [-0.3, -0.25) is 14.8 Å². The first-order chi connectivity index (χ1) is 15.3. The summed E-state index contributed by atoms with van der Waals surface area (Å²) in [5.41, 5.74) is -4.11. The summed E-state index contributed by atoms with van der Waals surface area (Å²) in [5, 5.41) is 10.5. The third kappa shape index (κ3) is 5.16. The Morgan fingerprint density at radius 2 is 1.39 bits per heavy atom. The topological polar surface area (TPSA) is 87.4 Å². The van der Waals surface area contributed by atoms with E-state index < -0.39 is 46.2 Å². The van der Waals surface area contributed by atoms with E-state index in [9.17, 15) is 41.0 Å². The maximum absolute atomic E-state index is 12.8. The molecular formula is C21H15F6N3O3. The molecule has 2 aromatic carbocycles. The second-order valence-corrected chi connectivity index (χ2v) is 6.93. The molecule has 0 saturated carbocycles. The third-order valence-electron chi connectivity index (χ3n) is 4.68. The van der Waals surface area contributed by atoms with Crippen LogP contribution in [0.25, 0.3) is 5.69 Å². The van der Waals surface area contributed by atoms with Crippen LogP contribution in [0.2, 0.25) is 0 Å². The summed E-state index contributed by atoms with van der Waals surface area (Å²) in [5.74, 6) is -0.850. The Morgan fingerprint density at radius 3 is 1.88 bits per heavy atom. The molecule has 0 fully saturated rings. The second-order valence-electron chi connectivity index (χ2n) is 6.93. The number of benzene rings is 2. The summed E-state index contributed by atoms with van der Waals surface area (Å²) >= 11 is 0. The summed E-state index contributed by atoms with van der Waals surface area (Å²) in [7, 11) is 0. The molecule has 0 aliphatic rings. The lowest BCUT2D eigenvalue weighted by Crippen LogP contribution is -2.32. The van der Waals surface area contributed by atoms with Crippen LogP contribution in [-0.2, 0) is 18.9 Å². The van der Waals surface area contributed by atoms with E-state index in [1.807, 2.05) is 4.98 Å². The zero-order chi connectivity index (χ0) is 24.6. The molecule has 0 amide bonds. The molecule has 6 nitrogen and oxygen atoms in total. The molecule has 0 aliphatic carbocycles. The second kappa shape index (κ2) is 8.60. The smallest absolute Gasteiger partial charge is 0.416 e. The van der Waals surface area contributed by atoms with Crippen LogP contribution in [0.5, 0.6) is 5.88 Å². The van der Waals surface area contributed by atoms with Crippen LogP contribution in [-0.4, -0.2) is 20.4 Å². The zero-order valence-electron chi connectivity index (χ0n) is 16.8. The van der Waals surface area contributed by atoms with Crippen molar-refractivity contribution in [1.29, 1.82) is 0 Å². The number of hydrogen-bond donors (Lipinski definition) is 2. The molecule has 0 radical (unpaired) electrons. The average molecular weight is 471 g/mol. The molecule has 2 N–H and O–H groups in total. The number of hydrogen-bond acceptors (Lipinski definition) is 4. The van der Waals surface area contributed by atoms with Gasteiger partial charge in [0.1, 0.15) is 5.56 Å². The fourth-order valence-electron chi connectivity index (χ4n) is 2.98. The van der Waals surface area contributed by atoms with E-state index in [1.54, 1.807) is 0 Å². The average Bonchev–Trinajstić information content (AvgIpc) is 2.71. The first-order valence-electron chi connectivity index (χ1n) is 9.22. The van der Waals surface area contributed by atoms with Gasteiger partial charge in [0.15, 0.2) is 0 Å². The molecule has 0 unspecified atom stereocenters. The number of alkyl halides is 6. The van der Waals surface area contributed by atoms with Crippen LogP contribution in [0, 0.1) is 0 Å². The molecule has 0 saturated heterocycles. The highest BCUT2D eigenvalue weighted by Gasteiger charge is 2.31. The van der Waals surface area contributed by atoms with Gasteiger partial charge in [0.2, 0.25) is 5.88 Å². The standard InChI is InChI=1S/C21H15F6N3O3/c1-11(28-10-12-2-4-13(5-3-12)20(22,23)24)16-17(31)29-19(33)30(18(16)32)15-8-6-14(7-9-15)21(25,26)27/h2-9,32H,10H2,1H3,(H,29,31,33). The molecule has 33 heavy (non-hydrogen) atoms. The van der Waals surface area contributed by atoms with E-state index in [2.05, 4.69) is 4.99 Å². The Morgan fingerprint density at radius 1 is 0.909 bits per heavy atom. The largest absolute Gasteiger partial charge is 0.493 e. The zero-order valence-corrected chi connectivity index (χ0v) is 16.8. The lowest BCUT2D eigenvalue weighted by molar-refractivity contribution is -0.138. The van der Waals surface area contributed by atoms with E-state index in [0.717, 1.165) is 24.3 Å². The molecule has 174 valence electrons. The van der Waals surface area contributed by atoms with Gasteiger partial charge in [-0.2, -0.15) is 26.3 Å². The van der Waals surface area contributed by atoms with Crippen LogP contribution in [0.15, 0.2) is 63.1 Å². The van der Waals surface area contributed by atoms with Crippen molar-refractivity contribution in [3.8, 4) is 11.6 Å². The van der Waals surface area contributed by atoms with Crippen LogP contribution in [0.3, 0.4) is 0 Å². The van der Waals surface area contributed by atoms with Crippen LogP contribution >= 0.6 is 0 Å². The van der Waals surface area contributed by atoms with Crippen molar-refractivity contribution in [2.45, 2.75) is 25.8 Å². The van der Waals surface area contributed by atoms with Crippen molar-refractivity contribution in [2.24, 2.45) is 4.99 Å². The highest BCUT2D eigenvalue weighted by molar-refractivity contribution is 6.00. The molecule has 3 rings (SSSR count). The van der Waals surface area contributed by atoms with Gasteiger partial charge in [-0.15, -0.1) is 0 Å². The Labute approximate surface area is 181 Å². The first-order valence-corrected chi connectivity index (χ1v) is 9.22. The quantitative estimate of drug-likeness (QED) is 0.440. The Balaban J connectivity index is 1.96. The van der Waals surface area contributed by atoms with E-state index in [0.29, 0.717) is 22.3 Å². The first kappa shape index (κ1) is 23.8. The maximum Gasteiger partial charge on any atom is 0.416 e. The number of aromatic hydroxyl groups is 1. The number of H-pyrrole nitrogens is 1. The summed E-state index contributed by atoms with van der Waals surface area (Å²) in [6, 6.07) is 7.45. The summed E-state index contributed by atoms with van der Waals surface area (Å²) in [6.45, 7) is 1.19. The van der Waals surface area contributed by atoms with E-state index in [4.69, 9.17) is 0 Å². The molecule has 12 heteroatoms. The normalized spacial score (nSPS) is 12.8. The Hall–Kier alpha value is -3.83. The van der Waals surface area contributed by atoms with Crippen molar-refractivity contribution in [3.05, 3.63) is 91.6 Å². The Bertz CT molecular complexity index is 1300. The fourth-order valence-corrected chi connectivity index (χ4v) is 2.98. The van der Waals surface area contributed by atoms with Gasteiger partial charge < -0.3 is 5.11 Å².